The average Bonchev–Trinajstić information content (AvgIpc) is 3.02. The van der Waals surface area contributed by atoms with Gasteiger partial charge in [-0.25, -0.2) is 0 Å². The minimum absolute atomic E-state index is 0.00844. The summed E-state index contributed by atoms with van der Waals surface area (Å²) in [6.07, 6.45) is 3.33. The van der Waals surface area contributed by atoms with Gasteiger partial charge in [-0.05, 0) is 31.0 Å². The van der Waals surface area contributed by atoms with Gasteiger partial charge in [-0.1, -0.05) is 0 Å². The number of piperidine rings is 1. The van der Waals surface area contributed by atoms with Crippen molar-refractivity contribution in [2.24, 2.45) is 11.7 Å². The standard InChI is InChI=1S/C15H19N5O2/c16-7-14(21)20-5-1-2-10(9-20)15(22)18-12-3-4-13-11(6-12)8-17-19-13/h3-4,6,8,10H,1-2,5,7,9,16H2,(H,17,19)(H,18,22). The number of carbonyl (C=O) groups excluding carboxylic acids is 2. The summed E-state index contributed by atoms with van der Waals surface area (Å²) in [6.45, 7) is 1.11. The van der Waals surface area contributed by atoms with Gasteiger partial charge in [0.1, 0.15) is 0 Å². The zero-order chi connectivity index (χ0) is 15.5. The second-order valence-electron chi connectivity index (χ2n) is 5.54. The number of hydrogen-bond acceptors (Lipinski definition) is 4. The molecule has 1 unspecified atom stereocenters. The summed E-state index contributed by atoms with van der Waals surface area (Å²) in [7, 11) is 0. The molecule has 1 aromatic carbocycles. The number of aromatic amines is 1. The fraction of sp³-hybridized carbons (Fsp3) is 0.400. The molecule has 22 heavy (non-hydrogen) atoms. The Balaban J connectivity index is 1.66. The second-order valence-corrected chi connectivity index (χ2v) is 5.54. The number of aromatic nitrogens is 2. The minimum atomic E-state index is -0.190. The molecule has 116 valence electrons. The molecule has 1 aliphatic heterocycles. The number of carbonyl (C=O) groups is 2. The summed E-state index contributed by atoms with van der Waals surface area (Å²) in [5, 5.41) is 10.7. The molecule has 1 aromatic heterocycles. The maximum atomic E-state index is 12.4. The van der Waals surface area contributed by atoms with Crippen LogP contribution in [-0.4, -0.2) is 46.5 Å². The number of fused-ring (bicyclic) bond motifs is 1. The van der Waals surface area contributed by atoms with Gasteiger partial charge in [-0.15, -0.1) is 0 Å². The number of benzene rings is 1. The van der Waals surface area contributed by atoms with Gasteiger partial charge in [-0.2, -0.15) is 5.10 Å². The highest BCUT2D eigenvalue weighted by molar-refractivity contribution is 5.95. The molecule has 7 heteroatoms. The molecular weight excluding hydrogens is 282 g/mol. The van der Waals surface area contributed by atoms with E-state index in [2.05, 4.69) is 15.5 Å². The second kappa shape index (κ2) is 6.15. The van der Waals surface area contributed by atoms with Crippen molar-refractivity contribution in [1.82, 2.24) is 15.1 Å². The van der Waals surface area contributed by atoms with Gasteiger partial charge in [0.25, 0.3) is 0 Å². The van der Waals surface area contributed by atoms with E-state index in [1.807, 2.05) is 18.2 Å². The van der Waals surface area contributed by atoms with Crippen LogP contribution >= 0.6 is 0 Å². The van der Waals surface area contributed by atoms with Gasteiger partial charge in [0.05, 0.1) is 24.2 Å². The lowest BCUT2D eigenvalue weighted by Gasteiger charge is -2.31. The normalized spacial score (nSPS) is 18.4. The summed E-state index contributed by atoms with van der Waals surface area (Å²) in [4.78, 5) is 25.7. The van der Waals surface area contributed by atoms with Crippen LogP contribution in [-0.2, 0) is 9.59 Å². The van der Waals surface area contributed by atoms with E-state index in [1.165, 1.54) is 0 Å². The van der Waals surface area contributed by atoms with Crippen LogP contribution in [0.4, 0.5) is 5.69 Å². The Hall–Kier alpha value is -2.41. The third-order valence-electron chi connectivity index (χ3n) is 4.03. The highest BCUT2D eigenvalue weighted by Crippen LogP contribution is 2.21. The Kier molecular flexibility index (Phi) is 4.06. The minimum Gasteiger partial charge on any atom is -0.341 e. The number of H-pyrrole nitrogens is 1. The number of nitrogens with two attached hydrogens (primary N) is 1. The molecule has 0 spiro atoms. The van der Waals surface area contributed by atoms with Gasteiger partial charge in [0.15, 0.2) is 0 Å². The molecule has 7 nitrogen and oxygen atoms in total. The number of hydrogen-bond donors (Lipinski definition) is 3. The predicted molar refractivity (Wildman–Crippen MR) is 83.1 cm³/mol. The molecule has 1 atom stereocenters. The number of anilines is 1. The summed E-state index contributed by atoms with van der Waals surface area (Å²) >= 11 is 0. The first-order valence-electron chi connectivity index (χ1n) is 7.39. The topological polar surface area (TPSA) is 104 Å². The highest BCUT2D eigenvalue weighted by atomic mass is 16.2. The fourth-order valence-corrected chi connectivity index (χ4v) is 2.81. The molecule has 1 aliphatic rings. The van der Waals surface area contributed by atoms with E-state index in [1.54, 1.807) is 11.1 Å². The molecule has 1 saturated heterocycles. The van der Waals surface area contributed by atoms with E-state index in [0.717, 1.165) is 29.4 Å². The molecule has 0 bridgehead atoms. The maximum absolute atomic E-state index is 12.4. The first kappa shape index (κ1) is 14.5. The van der Waals surface area contributed by atoms with Gasteiger partial charge in [0, 0.05) is 24.2 Å². The number of likely N-dealkylation sites (tertiary alicyclic amines) is 1. The van der Waals surface area contributed by atoms with Crippen LogP contribution in [0.25, 0.3) is 10.9 Å². The first-order chi connectivity index (χ1) is 10.7. The van der Waals surface area contributed by atoms with E-state index in [9.17, 15) is 9.59 Å². The largest absolute Gasteiger partial charge is 0.341 e. The molecule has 3 rings (SSSR count). The van der Waals surface area contributed by atoms with E-state index in [-0.39, 0.29) is 24.3 Å². The molecule has 0 radical (unpaired) electrons. The van der Waals surface area contributed by atoms with Crippen LogP contribution in [0.3, 0.4) is 0 Å². The maximum Gasteiger partial charge on any atom is 0.236 e. The van der Waals surface area contributed by atoms with Crippen molar-refractivity contribution in [2.45, 2.75) is 12.8 Å². The van der Waals surface area contributed by atoms with Gasteiger partial charge < -0.3 is 16.0 Å². The van der Waals surface area contributed by atoms with Crippen molar-refractivity contribution in [3.05, 3.63) is 24.4 Å². The Morgan fingerprint density at radius 3 is 3.14 bits per heavy atom. The molecule has 4 N–H and O–H groups in total. The third-order valence-corrected chi connectivity index (χ3v) is 4.03. The van der Waals surface area contributed by atoms with Crippen LogP contribution in [0.1, 0.15) is 12.8 Å². The molecule has 0 saturated carbocycles. The highest BCUT2D eigenvalue weighted by Gasteiger charge is 2.27. The summed E-state index contributed by atoms with van der Waals surface area (Å²) < 4.78 is 0. The van der Waals surface area contributed by atoms with Crippen molar-refractivity contribution in [3.63, 3.8) is 0 Å². The lowest BCUT2D eigenvalue weighted by atomic mass is 9.97. The summed E-state index contributed by atoms with van der Waals surface area (Å²) in [5.41, 5.74) is 7.05. The van der Waals surface area contributed by atoms with Crippen LogP contribution in [0, 0.1) is 5.92 Å². The van der Waals surface area contributed by atoms with E-state index in [4.69, 9.17) is 5.73 Å². The molecular formula is C15H19N5O2. The number of amides is 2. The van der Waals surface area contributed by atoms with Crippen LogP contribution in [0.5, 0.6) is 0 Å². The Morgan fingerprint density at radius 1 is 1.45 bits per heavy atom. The van der Waals surface area contributed by atoms with Crippen molar-refractivity contribution in [2.75, 3.05) is 25.0 Å². The number of nitrogens with one attached hydrogen (secondary N) is 2. The first-order valence-corrected chi connectivity index (χ1v) is 7.39. The molecule has 2 amide bonds. The lowest BCUT2D eigenvalue weighted by molar-refractivity contribution is -0.133. The van der Waals surface area contributed by atoms with E-state index < -0.39 is 0 Å². The zero-order valence-corrected chi connectivity index (χ0v) is 12.2. The van der Waals surface area contributed by atoms with Gasteiger partial charge in [0.2, 0.25) is 11.8 Å². The number of nitrogens with zero attached hydrogens (tertiary/aromatic N) is 2. The summed E-state index contributed by atoms with van der Waals surface area (Å²) in [6, 6.07) is 5.59. The zero-order valence-electron chi connectivity index (χ0n) is 12.2. The van der Waals surface area contributed by atoms with Gasteiger partial charge >= 0.3 is 0 Å². The fourth-order valence-electron chi connectivity index (χ4n) is 2.81. The van der Waals surface area contributed by atoms with Crippen LogP contribution in [0.15, 0.2) is 24.4 Å². The van der Waals surface area contributed by atoms with Crippen molar-refractivity contribution < 1.29 is 9.59 Å². The molecule has 1 fully saturated rings. The van der Waals surface area contributed by atoms with E-state index in [0.29, 0.717) is 13.1 Å². The monoisotopic (exact) mass is 301 g/mol. The van der Waals surface area contributed by atoms with Gasteiger partial charge in [-0.3, -0.25) is 14.7 Å². The average molecular weight is 301 g/mol. The van der Waals surface area contributed by atoms with E-state index >= 15 is 0 Å². The molecule has 0 aliphatic carbocycles. The lowest BCUT2D eigenvalue weighted by Crippen LogP contribution is -2.45. The Bertz CT molecular complexity index is 696. The summed E-state index contributed by atoms with van der Waals surface area (Å²) in [5.74, 6) is -0.348. The molecule has 2 heterocycles. The predicted octanol–water partition coefficient (Wildman–Crippen LogP) is 0.699. The van der Waals surface area contributed by atoms with Crippen molar-refractivity contribution in [1.29, 1.82) is 0 Å². The van der Waals surface area contributed by atoms with Crippen LogP contribution in [0.2, 0.25) is 0 Å². The molecule has 2 aromatic rings. The smallest absolute Gasteiger partial charge is 0.236 e. The van der Waals surface area contributed by atoms with Crippen molar-refractivity contribution >= 4 is 28.4 Å². The number of rotatable bonds is 3. The Morgan fingerprint density at radius 2 is 2.32 bits per heavy atom. The van der Waals surface area contributed by atoms with Crippen LogP contribution < -0.4 is 11.1 Å². The Labute approximate surface area is 127 Å². The third kappa shape index (κ3) is 2.94. The quantitative estimate of drug-likeness (QED) is 0.776. The van der Waals surface area contributed by atoms with Crippen molar-refractivity contribution in [3.8, 4) is 0 Å². The SMILES string of the molecule is NCC(=O)N1CCCC(C(=O)Nc2ccc3[nH]ncc3c2)C1.